The molecule has 2 aromatic carbocycles. The molecule has 0 saturated heterocycles. The van der Waals surface area contributed by atoms with Crippen LogP contribution >= 0.6 is 23.2 Å². The number of halogens is 2. The monoisotopic (exact) mass is 466 g/mol. The molecule has 0 aromatic heterocycles. The Bertz CT molecular complexity index is 874. The zero-order chi connectivity index (χ0) is 22.8. The fraction of sp³-hybridized carbons (Fsp3) is 0.391. The number of rotatable bonds is 11. The Balaban J connectivity index is 2.21. The summed E-state index contributed by atoms with van der Waals surface area (Å²) < 4.78 is 10.8. The van der Waals surface area contributed by atoms with Gasteiger partial charge in [-0.25, -0.2) is 0 Å². The molecule has 2 aromatic rings. The molecule has 0 radical (unpaired) electrons. The summed E-state index contributed by atoms with van der Waals surface area (Å²) in [4.78, 5) is 27.4. The first-order valence-corrected chi connectivity index (χ1v) is 10.9. The highest BCUT2D eigenvalue weighted by molar-refractivity contribution is 6.35. The van der Waals surface area contributed by atoms with Crippen LogP contribution in [0.5, 0.6) is 11.5 Å². The van der Waals surface area contributed by atoms with Gasteiger partial charge in [-0.2, -0.15) is 0 Å². The Hall–Kier alpha value is -2.44. The van der Waals surface area contributed by atoms with Crippen molar-refractivity contribution >= 4 is 35.0 Å². The first-order chi connectivity index (χ1) is 14.9. The number of carbonyl (C=O) groups is 2. The van der Waals surface area contributed by atoms with Crippen LogP contribution in [0.1, 0.15) is 32.3 Å². The molecule has 0 aliphatic rings. The third-order valence-electron chi connectivity index (χ3n) is 4.71. The molecular weight excluding hydrogens is 439 g/mol. The van der Waals surface area contributed by atoms with Gasteiger partial charge in [0, 0.05) is 23.1 Å². The van der Waals surface area contributed by atoms with Gasteiger partial charge in [0.2, 0.25) is 5.91 Å². The fourth-order valence-electron chi connectivity index (χ4n) is 3.02. The molecule has 0 heterocycles. The standard InChI is InChI=1S/C23H28Cl2N2O4/c1-4-12-26-23(29)21(5-2)27(14-16-6-7-17(24)13-20(16)25)22(28)15-31-19-10-8-18(30-3)9-11-19/h6-11,13,21H,4-5,12,14-15H2,1-3H3,(H,26,29)/t21-/m0/s1. The SMILES string of the molecule is CCCNC(=O)[C@H](CC)N(Cc1ccc(Cl)cc1Cl)C(=O)COc1ccc(OC)cc1. The van der Waals surface area contributed by atoms with E-state index in [9.17, 15) is 9.59 Å². The normalized spacial score (nSPS) is 11.5. The van der Waals surface area contributed by atoms with Crippen LogP contribution in [0.25, 0.3) is 0 Å². The van der Waals surface area contributed by atoms with Crippen LogP contribution in [-0.4, -0.2) is 43.0 Å². The van der Waals surface area contributed by atoms with Crippen LogP contribution < -0.4 is 14.8 Å². The van der Waals surface area contributed by atoms with Crippen molar-refractivity contribution in [1.82, 2.24) is 10.2 Å². The van der Waals surface area contributed by atoms with Crippen molar-refractivity contribution in [2.75, 3.05) is 20.3 Å². The number of hydrogen-bond donors (Lipinski definition) is 1. The zero-order valence-electron chi connectivity index (χ0n) is 18.0. The number of hydrogen-bond acceptors (Lipinski definition) is 4. The summed E-state index contributed by atoms with van der Waals surface area (Å²) in [5.74, 6) is 0.700. The van der Waals surface area contributed by atoms with Gasteiger partial charge in [0.25, 0.3) is 5.91 Å². The molecule has 168 valence electrons. The molecule has 2 amide bonds. The first-order valence-electron chi connectivity index (χ1n) is 10.2. The molecule has 0 bridgehead atoms. The third-order valence-corrected chi connectivity index (χ3v) is 5.30. The molecule has 2 rings (SSSR count). The maximum atomic E-state index is 13.1. The van der Waals surface area contributed by atoms with Gasteiger partial charge in [-0.05, 0) is 54.8 Å². The minimum absolute atomic E-state index is 0.166. The van der Waals surface area contributed by atoms with Crippen LogP contribution in [0.3, 0.4) is 0 Å². The van der Waals surface area contributed by atoms with Gasteiger partial charge in [-0.1, -0.05) is 43.1 Å². The highest BCUT2D eigenvalue weighted by atomic mass is 35.5. The van der Waals surface area contributed by atoms with E-state index in [2.05, 4.69) is 5.32 Å². The molecule has 0 unspecified atom stereocenters. The van der Waals surface area contributed by atoms with Crippen molar-refractivity contribution in [1.29, 1.82) is 0 Å². The molecule has 8 heteroatoms. The highest BCUT2D eigenvalue weighted by Gasteiger charge is 2.29. The molecule has 0 spiro atoms. The number of ether oxygens (including phenoxy) is 2. The maximum Gasteiger partial charge on any atom is 0.261 e. The number of amides is 2. The number of carbonyl (C=O) groups excluding carboxylic acids is 2. The van der Waals surface area contributed by atoms with E-state index in [0.29, 0.717) is 40.1 Å². The van der Waals surface area contributed by atoms with Gasteiger partial charge in [0.15, 0.2) is 6.61 Å². The third kappa shape index (κ3) is 7.33. The second-order valence-corrected chi connectivity index (χ2v) is 7.78. The summed E-state index contributed by atoms with van der Waals surface area (Å²) in [5.41, 5.74) is 0.700. The van der Waals surface area contributed by atoms with E-state index < -0.39 is 6.04 Å². The van der Waals surface area contributed by atoms with Gasteiger partial charge in [-0.3, -0.25) is 9.59 Å². The Morgan fingerprint density at radius 3 is 2.32 bits per heavy atom. The lowest BCUT2D eigenvalue weighted by Gasteiger charge is -2.31. The molecule has 1 N–H and O–H groups in total. The van der Waals surface area contributed by atoms with Gasteiger partial charge in [0.05, 0.1) is 7.11 Å². The molecule has 0 fully saturated rings. The van der Waals surface area contributed by atoms with Crippen molar-refractivity contribution < 1.29 is 19.1 Å². The number of benzene rings is 2. The van der Waals surface area contributed by atoms with Gasteiger partial charge in [-0.15, -0.1) is 0 Å². The predicted octanol–water partition coefficient (Wildman–Crippen LogP) is 4.71. The second kappa shape index (κ2) is 12.4. The van der Waals surface area contributed by atoms with E-state index in [1.54, 1.807) is 49.6 Å². The molecule has 31 heavy (non-hydrogen) atoms. The predicted molar refractivity (Wildman–Crippen MR) is 123 cm³/mol. The van der Waals surface area contributed by atoms with Gasteiger partial charge >= 0.3 is 0 Å². The van der Waals surface area contributed by atoms with Crippen molar-refractivity contribution in [3.05, 3.63) is 58.1 Å². The summed E-state index contributed by atoms with van der Waals surface area (Å²) in [6.45, 7) is 4.33. The quantitative estimate of drug-likeness (QED) is 0.520. The summed E-state index contributed by atoms with van der Waals surface area (Å²) in [7, 11) is 1.58. The van der Waals surface area contributed by atoms with Crippen LogP contribution in [-0.2, 0) is 16.1 Å². The van der Waals surface area contributed by atoms with Crippen LogP contribution in [0.2, 0.25) is 10.0 Å². The largest absolute Gasteiger partial charge is 0.497 e. The summed E-state index contributed by atoms with van der Waals surface area (Å²) >= 11 is 12.3. The average molecular weight is 467 g/mol. The summed E-state index contributed by atoms with van der Waals surface area (Å²) in [5, 5.41) is 3.81. The first kappa shape index (κ1) is 24.8. The smallest absolute Gasteiger partial charge is 0.261 e. The van der Waals surface area contributed by atoms with Crippen molar-refractivity contribution in [3.8, 4) is 11.5 Å². The van der Waals surface area contributed by atoms with Gasteiger partial charge < -0.3 is 19.7 Å². The lowest BCUT2D eigenvalue weighted by atomic mass is 10.1. The molecule has 6 nitrogen and oxygen atoms in total. The van der Waals surface area contributed by atoms with E-state index in [1.165, 1.54) is 4.90 Å². The van der Waals surface area contributed by atoms with E-state index >= 15 is 0 Å². The summed E-state index contributed by atoms with van der Waals surface area (Å²) in [6.07, 6.45) is 1.26. The van der Waals surface area contributed by atoms with Crippen LogP contribution in [0.15, 0.2) is 42.5 Å². The van der Waals surface area contributed by atoms with Crippen LogP contribution in [0.4, 0.5) is 0 Å². The van der Waals surface area contributed by atoms with Crippen molar-refractivity contribution in [3.63, 3.8) is 0 Å². The summed E-state index contributed by atoms with van der Waals surface area (Å²) in [6, 6.07) is 11.4. The number of methoxy groups -OCH3 is 1. The molecule has 0 aliphatic carbocycles. The molecule has 0 saturated carbocycles. The Kier molecular flexibility index (Phi) is 9.95. The van der Waals surface area contributed by atoms with Crippen molar-refractivity contribution in [2.45, 2.75) is 39.3 Å². The Labute approximate surface area is 193 Å². The number of nitrogens with one attached hydrogen (secondary N) is 1. The number of nitrogens with zero attached hydrogens (tertiary/aromatic N) is 1. The minimum atomic E-state index is -0.648. The zero-order valence-corrected chi connectivity index (χ0v) is 19.5. The lowest BCUT2D eigenvalue weighted by Crippen LogP contribution is -2.50. The fourth-order valence-corrected chi connectivity index (χ4v) is 3.49. The Morgan fingerprint density at radius 1 is 1.06 bits per heavy atom. The van der Waals surface area contributed by atoms with Gasteiger partial charge in [0.1, 0.15) is 17.5 Å². The topological polar surface area (TPSA) is 67.9 Å². The van der Waals surface area contributed by atoms with Crippen LogP contribution in [0, 0.1) is 0 Å². The maximum absolute atomic E-state index is 13.1. The highest BCUT2D eigenvalue weighted by Crippen LogP contribution is 2.24. The van der Waals surface area contributed by atoms with E-state index in [-0.39, 0.29) is 25.0 Å². The van der Waals surface area contributed by atoms with E-state index in [0.717, 1.165) is 6.42 Å². The minimum Gasteiger partial charge on any atom is -0.497 e. The molecule has 1 atom stereocenters. The lowest BCUT2D eigenvalue weighted by molar-refractivity contribution is -0.143. The Morgan fingerprint density at radius 2 is 1.74 bits per heavy atom. The van der Waals surface area contributed by atoms with E-state index in [4.69, 9.17) is 32.7 Å². The average Bonchev–Trinajstić information content (AvgIpc) is 2.77. The second-order valence-electron chi connectivity index (χ2n) is 6.94. The molecular formula is C23H28Cl2N2O4. The van der Waals surface area contributed by atoms with Crippen molar-refractivity contribution in [2.24, 2.45) is 0 Å². The van der Waals surface area contributed by atoms with E-state index in [1.807, 2.05) is 13.8 Å². The molecule has 0 aliphatic heterocycles.